The Labute approximate surface area is 262 Å². The van der Waals surface area contributed by atoms with Gasteiger partial charge in [0.15, 0.2) is 0 Å². The van der Waals surface area contributed by atoms with Crippen LogP contribution in [0.2, 0.25) is 0 Å². The first-order chi connectivity index (χ1) is 21.1. The van der Waals surface area contributed by atoms with Crippen LogP contribution < -0.4 is 11.5 Å². The Bertz CT molecular complexity index is 1520. The van der Waals surface area contributed by atoms with Crippen molar-refractivity contribution < 1.29 is 9.90 Å². The number of rotatable bonds is 10. The number of fused-ring (bicyclic) bond motifs is 3. The molecule has 5 N–H and O–H groups in total. The smallest absolute Gasteiger partial charge is 0.126 e. The van der Waals surface area contributed by atoms with E-state index in [9.17, 15) is 9.90 Å². The highest BCUT2D eigenvalue weighted by molar-refractivity contribution is 6.07. The maximum atomic E-state index is 11.7. The Morgan fingerprint density at radius 1 is 1.02 bits per heavy atom. The molecule has 0 aromatic heterocycles. The van der Waals surface area contributed by atoms with Crippen LogP contribution in [-0.2, 0) is 4.79 Å². The lowest BCUT2D eigenvalue weighted by Crippen LogP contribution is -2.46. The second-order valence-corrected chi connectivity index (χ2v) is 13.3. The minimum Gasteiger partial charge on any atom is -0.398 e. The van der Waals surface area contributed by atoms with Gasteiger partial charge in [-0.05, 0) is 88.3 Å². The molecule has 4 aliphatic rings. The van der Waals surface area contributed by atoms with Crippen LogP contribution >= 0.6 is 0 Å². The van der Waals surface area contributed by atoms with E-state index in [1.165, 1.54) is 12.0 Å². The number of benzene rings is 2. The van der Waals surface area contributed by atoms with Gasteiger partial charge >= 0.3 is 0 Å². The lowest BCUT2D eigenvalue weighted by molar-refractivity contribution is -0.122. The van der Waals surface area contributed by atoms with E-state index in [4.69, 9.17) is 21.5 Å². The van der Waals surface area contributed by atoms with Crippen molar-refractivity contribution in [3.05, 3.63) is 82.2 Å². The average Bonchev–Trinajstić information content (AvgIpc) is 3.03. The number of aliphatic imine (C=N–C) groups is 3. The van der Waals surface area contributed by atoms with Gasteiger partial charge in [0.2, 0.25) is 0 Å². The van der Waals surface area contributed by atoms with Crippen molar-refractivity contribution in [1.29, 1.82) is 0 Å². The Morgan fingerprint density at radius 2 is 1.70 bits per heavy atom. The number of anilines is 1. The molecule has 232 valence electrons. The quantitative estimate of drug-likeness (QED) is 0.153. The van der Waals surface area contributed by atoms with Crippen molar-refractivity contribution in [3.63, 3.8) is 0 Å². The van der Waals surface area contributed by atoms with Gasteiger partial charge in [-0.2, -0.15) is 0 Å². The predicted octanol–water partition coefficient (Wildman–Crippen LogP) is 7.21. The molecule has 6 rings (SSSR count). The number of nitrogens with two attached hydrogens (primary N) is 2. The van der Waals surface area contributed by atoms with Crippen molar-refractivity contribution in [2.45, 2.75) is 85.2 Å². The molecule has 44 heavy (non-hydrogen) atoms. The van der Waals surface area contributed by atoms with Crippen LogP contribution in [0.3, 0.4) is 0 Å². The van der Waals surface area contributed by atoms with Crippen LogP contribution in [-0.4, -0.2) is 35.6 Å². The Balaban J connectivity index is 1.41. The van der Waals surface area contributed by atoms with E-state index in [0.29, 0.717) is 11.4 Å². The molecule has 7 nitrogen and oxygen atoms in total. The first kappa shape index (κ1) is 31.6. The van der Waals surface area contributed by atoms with Gasteiger partial charge in [-0.3, -0.25) is 15.0 Å². The molecule has 1 heterocycles. The lowest BCUT2D eigenvalue weighted by Gasteiger charge is -2.52. The number of hydrogen-bond acceptors (Lipinski definition) is 7. The van der Waals surface area contributed by atoms with Gasteiger partial charge in [-0.1, -0.05) is 56.3 Å². The molecule has 7 heteroatoms. The number of allylic oxidation sites excluding steroid dienone is 3. The number of carbonyl (C=O) groups excluding carboxylic acids is 1. The van der Waals surface area contributed by atoms with Gasteiger partial charge in [0.1, 0.15) is 6.29 Å². The first-order valence-electron chi connectivity index (χ1n) is 16.0. The second-order valence-electron chi connectivity index (χ2n) is 13.3. The van der Waals surface area contributed by atoms with Gasteiger partial charge in [-0.25, -0.2) is 0 Å². The molecule has 2 aromatic rings. The summed E-state index contributed by atoms with van der Waals surface area (Å²) in [6, 6.07) is 15.2. The standard InChI is InChI=1S/C37H47N5O2/c1-24(2)34(35(39)28-11-8-12-30(38)29(28)21-40-22-32(44)27-9-6-5-7-10-27)26(4)41-31-13-14-33(42-25(31)3)37-18-15-36(23-43,16-19-37)17-20-37/h5-12,21,23-24,32,44H,13-20,22,38-39H2,1-4H3/b35-34-,40-21?,41-26?. The third-order valence-corrected chi connectivity index (χ3v) is 10.2. The van der Waals surface area contributed by atoms with Crippen LogP contribution in [0.15, 0.2) is 80.5 Å². The van der Waals surface area contributed by atoms with E-state index in [-0.39, 0.29) is 23.3 Å². The fourth-order valence-corrected chi connectivity index (χ4v) is 7.40. The van der Waals surface area contributed by atoms with Crippen molar-refractivity contribution >= 4 is 35.3 Å². The average molecular weight is 594 g/mol. The number of aliphatic hydroxyl groups excluding tert-OH is 1. The highest BCUT2D eigenvalue weighted by Crippen LogP contribution is 2.57. The number of aldehydes is 1. The summed E-state index contributed by atoms with van der Waals surface area (Å²) in [6.45, 7) is 8.56. The highest BCUT2D eigenvalue weighted by atomic mass is 16.3. The van der Waals surface area contributed by atoms with Crippen LogP contribution in [0.5, 0.6) is 0 Å². The van der Waals surface area contributed by atoms with Crippen molar-refractivity contribution in [3.8, 4) is 0 Å². The third kappa shape index (κ3) is 6.34. The molecule has 2 bridgehead atoms. The third-order valence-electron chi connectivity index (χ3n) is 10.2. The zero-order chi connectivity index (χ0) is 31.5. The molecule has 0 saturated heterocycles. The van der Waals surface area contributed by atoms with Gasteiger partial charge in [0.05, 0.1) is 24.0 Å². The van der Waals surface area contributed by atoms with E-state index < -0.39 is 6.10 Å². The maximum absolute atomic E-state index is 11.7. The molecule has 0 spiro atoms. The highest BCUT2D eigenvalue weighted by Gasteiger charge is 2.51. The van der Waals surface area contributed by atoms with Gasteiger partial charge in [0, 0.05) is 51.0 Å². The summed E-state index contributed by atoms with van der Waals surface area (Å²) in [4.78, 5) is 26.6. The minimum atomic E-state index is -0.703. The van der Waals surface area contributed by atoms with Gasteiger partial charge in [-0.15, -0.1) is 0 Å². The number of nitrogen functional groups attached to an aromatic ring is 1. The maximum Gasteiger partial charge on any atom is 0.126 e. The van der Waals surface area contributed by atoms with E-state index in [0.717, 1.165) is 90.7 Å². The monoisotopic (exact) mass is 593 g/mol. The van der Waals surface area contributed by atoms with Crippen LogP contribution in [0.25, 0.3) is 5.70 Å². The number of carbonyl (C=O) groups is 1. The number of hydrogen-bond donors (Lipinski definition) is 3. The second kappa shape index (κ2) is 13.0. The Kier molecular flexibility index (Phi) is 9.35. The SMILES string of the molecule is CC(=NC1=C(C)N=C(C23CCC(C=O)(CC2)CC3)CC1)/C(=C(\N)c1cccc(N)c1C=NCC(O)c1ccccc1)C(C)C. The summed E-state index contributed by atoms with van der Waals surface area (Å²) in [7, 11) is 0. The Morgan fingerprint density at radius 3 is 2.32 bits per heavy atom. The molecule has 3 fully saturated rings. The molecule has 3 aliphatic carbocycles. The number of nitrogens with zero attached hydrogens (tertiary/aromatic N) is 3. The van der Waals surface area contributed by atoms with E-state index in [1.54, 1.807) is 6.21 Å². The molecule has 3 saturated carbocycles. The van der Waals surface area contributed by atoms with Crippen molar-refractivity contribution in [1.82, 2.24) is 0 Å². The van der Waals surface area contributed by atoms with Crippen LogP contribution in [0.1, 0.15) is 102 Å². The molecule has 0 amide bonds. The summed E-state index contributed by atoms with van der Waals surface area (Å²) in [6.07, 6.45) is 10.2. The largest absolute Gasteiger partial charge is 0.398 e. The fraction of sp³-hybridized carbons (Fsp3) is 0.459. The predicted molar refractivity (Wildman–Crippen MR) is 182 cm³/mol. The first-order valence-corrected chi connectivity index (χ1v) is 16.0. The topological polar surface area (TPSA) is 126 Å². The summed E-state index contributed by atoms with van der Waals surface area (Å²) in [5, 5.41) is 10.6. The van der Waals surface area contributed by atoms with Crippen LogP contribution in [0.4, 0.5) is 5.69 Å². The fourth-order valence-electron chi connectivity index (χ4n) is 7.40. The van der Waals surface area contributed by atoms with E-state index >= 15 is 0 Å². The molecule has 1 aliphatic heterocycles. The van der Waals surface area contributed by atoms with Crippen LogP contribution in [0, 0.1) is 16.7 Å². The normalized spacial score (nSPS) is 25.3. The molecule has 1 atom stereocenters. The summed E-state index contributed by atoms with van der Waals surface area (Å²) >= 11 is 0. The lowest BCUT2D eigenvalue weighted by atomic mass is 9.52. The molecular formula is C37H47N5O2. The minimum absolute atomic E-state index is 0.0769. The van der Waals surface area contributed by atoms with Crippen molar-refractivity contribution in [2.75, 3.05) is 12.3 Å². The Hall–Kier alpha value is -3.84. The summed E-state index contributed by atoms with van der Waals surface area (Å²) in [5.41, 5.74) is 22.1. The molecular weight excluding hydrogens is 546 g/mol. The van der Waals surface area contributed by atoms with E-state index in [1.807, 2.05) is 55.5 Å². The van der Waals surface area contributed by atoms with Crippen molar-refractivity contribution in [2.24, 2.45) is 37.5 Å². The summed E-state index contributed by atoms with van der Waals surface area (Å²) in [5.74, 6) is 0.120. The van der Waals surface area contributed by atoms with E-state index in [2.05, 4.69) is 25.8 Å². The van der Waals surface area contributed by atoms with Gasteiger partial charge < -0.3 is 21.4 Å². The van der Waals surface area contributed by atoms with Gasteiger partial charge in [0.25, 0.3) is 0 Å². The zero-order valence-corrected chi connectivity index (χ0v) is 26.6. The molecule has 2 aromatic carbocycles. The number of aliphatic hydroxyl groups is 1. The summed E-state index contributed by atoms with van der Waals surface area (Å²) < 4.78 is 0. The molecule has 0 radical (unpaired) electrons. The molecule has 1 unspecified atom stereocenters. The zero-order valence-electron chi connectivity index (χ0n) is 26.6.